The van der Waals surface area contributed by atoms with Crippen molar-refractivity contribution in [1.29, 1.82) is 0 Å². The number of nitrogens with zero attached hydrogens (tertiary/aromatic N) is 2. The van der Waals surface area contributed by atoms with Crippen LogP contribution in [0.1, 0.15) is 42.6 Å². The third-order valence-corrected chi connectivity index (χ3v) is 6.12. The molecule has 0 aliphatic heterocycles. The van der Waals surface area contributed by atoms with E-state index in [2.05, 4.69) is 53.3 Å². The first-order valence-corrected chi connectivity index (χ1v) is 10.6. The Kier molecular flexibility index (Phi) is 5.62. The number of anilines is 1. The first kappa shape index (κ1) is 18.9. The molecule has 0 saturated heterocycles. The zero-order chi connectivity index (χ0) is 19.5. The fraction of sp³-hybridized carbons (Fsp3) is 0.391. The first-order chi connectivity index (χ1) is 13.6. The zero-order valence-electron chi connectivity index (χ0n) is 16.7. The van der Waals surface area contributed by atoms with Crippen LogP contribution >= 0.6 is 12.2 Å². The van der Waals surface area contributed by atoms with E-state index in [4.69, 9.17) is 17.2 Å². The second kappa shape index (κ2) is 8.31. The monoisotopic (exact) mass is 392 g/mol. The molecule has 0 spiro atoms. The van der Waals surface area contributed by atoms with Gasteiger partial charge in [0.05, 0.1) is 11.0 Å². The van der Waals surface area contributed by atoms with E-state index in [0.29, 0.717) is 6.04 Å². The van der Waals surface area contributed by atoms with Crippen LogP contribution in [0.15, 0.2) is 42.5 Å². The summed E-state index contributed by atoms with van der Waals surface area (Å²) < 4.78 is 0. The first-order valence-electron chi connectivity index (χ1n) is 10.2. The van der Waals surface area contributed by atoms with Crippen LogP contribution in [-0.4, -0.2) is 32.6 Å². The highest BCUT2D eigenvalue weighted by Crippen LogP contribution is 2.25. The van der Waals surface area contributed by atoms with Crippen molar-refractivity contribution < 1.29 is 0 Å². The van der Waals surface area contributed by atoms with E-state index in [1.807, 2.05) is 18.2 Å². The van der Waals surface area contributed by atoms with Gasteiger partial charge in [-0.05, 0) is 74.3 Å². The molecule has 2 aromatic carbocycles. The number of aromatic amines is 1. The van der Waals surface area contributed by atoms with Gasteiger partial charge in [0.15, 0.2) is 5.11 Å². The Labute approximate surface area is 172 Å². The quantitative estimate of drug-likeness (QED) is 0.574. The van der Waals surface area contributed by atoms with E-state index in [1.165, 1.54) is 36.8 Å². The van der Waals surface area contributed by atoms with E-state index in [1.54, 1.807) is 0 Å². The van der Waals surface area contributed by atoms with Crippen molar-refractivity contribution in [2.24, 2.45) is 0 Å². The Morgan fingerprint density at radius 3 is 2.61 bits per heavy atom. The molecule has 3 aromatic rings. The van der Waals surface area contributed by atoms with E-state index < -0.39 is 0 Å². The minimum atomic E-state index is 0.526. The van der Waals surface area contributed by atoms with Gasteiger partial charge in [0.25, 0.3) is 0 Å². The Bertz CT molecular complexity index is 918. The van der Waals surface area contributed by atoms with E-state index in [9.17, 15) is 0 Å². The fourth-order valence-corrected chi connectivity index (χ4v) is 4.41. The number of para-hydroxylation sites is 1. The van der Waals surface area contributed by atoms with Crippen molar-refractivity contribution in [1.82, 2.24) is 14.9 Å². The van der Waals surface area contributed by atoms with Crippen LogP contribution in [0, 0.1) is 13.8 Å². The molecule has 1 aromatic heterocycles. The highest BCUT2D eigenvalue weighted by molar-refractivity contribution is 7.80. The number of rotatable bonds is 5. The number of fused-ring (bicyclic) bond motifs is 1. The summed E-state index contributed by atoms with van der Waals surface area (Å²) in [7, 11) is 0. The van der Waals surface area contributed by atoms with Crippen LogP contribution < -0.4 is 5.32 Å². The molecular formula is C23H28N4S. The van der Waals surface area contributed by atoms with Gasteiger partial charge in [-0.3, -0.25) is 0 Å². The van der Waals surface area contributed by atoms with Gasteiger partial charge in [0, 0.05) is 24.7 Å². The average Bonchev–Trinajstić information content (AvgIpc) is 3.33. The lowest BCUT2D eigenvalue weighted by Crippen LogP contribution is -2.42. The normalized spacial score (nSPS) is 14.5. The van der Waals surface area contributed by atoms with Gasteiger partial charge < -0.3 is 15.2 Å². The summed E-state index contributed by atoms with van der Waals surface area (Å²) in [5.41, 5.74) is 5.80. The highest BCUT2D eigenvalue weighted by Gasteiger charge is 2.24. The smallest absolute Gasteiger partial charge is 0.173 e. The summed E-state index contributed by atoms with van der Waals surface area (Å²) >= 11 is 5.79. The molecule has 0 amide bonds. The predicted molar refractivity (Wildman–Crippen MR) is 121 cm³/mol. The summed E-state index contributed by atoms with van der Waals surface area (Å²) in [6.07, 6.45) is 5.88. The summed E-state index contributed by atoms with van der Waals surface area (Å²) in [4.78, 5) is 10.7. The summed E-state index contributed by atoms with van der Waals surface area (Å²) in [5.74, 6) is 1.03. The third-order valence-electron chi connectivity index (χ3n) is 5.79. The van der Waals surface area contributed by atoms with Crippen molar-refractivity contribution in [2.45, 2.75) is 52.0 Å². The van der Waals surface area contributed by atoms with Gasteiger partial charge >= 0.3 is 0 Å². The second-order valence-electron chi connectivity index (χ2n) is 7.81. The largest absolute Gasteiger partial charge is 0.346 e. The Morgan fingerprint density at radius 1 is 1.14 bits per heavy atom. The number of aryl methyl sites for hydroxylation is 2. The molecule has 1 aliphatic carbocycles. The molecule has 0 radical (unpaired) electrons. The summed E-state index contributed by atoms with van der Waals surface area (Å²) in [5, 5.41) is 4.24. The Hall–Kier alpha value is -2.40. The maximum absolute atomic E-state index is 5.79. The van der Waals surface area contributed by atoms with Crippen LogP contribution in [0.3, 0.4) is 0 Å². The van der Waals surface area contributed by atoms with Gasteiger partial charge in [0.2, 0.25) is 0 Å². The van der Waals surface area contributed by atoms with Gasteiger partial charge in [0.1, 0.15) is 5.82 Å². The maximum atomic E-state index is 5.79. The van der Waals surface area contributed by atoms with Crippen LogP contribution in [-0.2, 0) is 6.42 Å². The van der Waals surface area contributed by atoms with Crippen molar-refractivity contribution >= 4 is 34.1 Å². The molecule has 2 N–H and O–H groups in total. The predicted octanol–water partition coefficient (Wildman–Crippen LogP) is 5.36. The lowest BCUT2D eigenvalue weighted by molar-refractivity contribution is 0.320. The molecule has 1 aliphatic rings. The average molecular weight is 393 g/mol. The molecule has 1 saturated carbocycles. The molecule has 28 heavy (non-hydrogen) atoms. The highest BCUT2D eigenvalue weighted by atomic mass is 32.1. The van der Waals surface area contributed by atoms with Gasteiger partial charge in [-0.1, -0.05) is 31.0 Å². The van der Waals surface area contributed by atoms with Crippen LogP contribution in [0.25, 0.3) is 11.0 Å². The van der Waals surface area contributed by atoms with Crippen LogP contribution in [0.4, 0.5) is 5.69 Å². The standard InChI is InChI=1S/C23H28N4S/c1-16-14-20-21(15-17(16)2)26-22(25-20)12-13-27(19-10-6-7-11-19)23(28)24-18-8-4-3-5-9-18/h3-5,8-9,14-15,19H,6-7,10-13H2,1-2H3,(H,24,28)(H,25,26). The molecule has 4 nitrogen and oxygen atoms in total. The fourth-order valence-electron chi connectivity index (χ4n) is 4.05. The third kappa shape index (κ3) is 4.20. The number of nitrogens with one attached hydrogen (secondary N) is 2. The molecule has 1 heterocycles. The number of thiocarbonyl (C=S) groups is 1. The number of aromatic nitrogens is 2. The molecule has 146 valence electrons. The lowest BCUT2D eigenvalue weighted by Gasteiger charge is -2.31. The van der Waals surface area contributed by atoms with Gasteiger partial charge in [-0.25, -0.2) is 4.98 Å². The number of hydrogen-bond acceptors (Lipinski definition) is 2. The lowest BCUT2D eigenvalue weighted by atomic mass is 10.1. The number of H-pyrrole nitrogens is 1. The van der Waals surface area contributed by atoms with Gasteiger partial charge in [-0.15, -0.1) is 0 Å². The summed E-state index contributed by atoms with van der Waals surface area (Å²) in [6.45, 7) is 5.16. The molecule has 0 atom stereocenters. The SMILES string of the molecule is Cc1cc2nc(CCN(C(=S)Nc3ccccc3)C3CCCC3)[nH]c2cc1C. The van der Waals surface area contributed by atoms with Crippen molar-refractivity contribution in [2.75, 3.05) is 11.9 Å². The molecule has 5 heteroatoms. The molecule has 0 bridgehead atoms. The van der Waals surface area contributed by atoms with Crippen LogP contribution in [0.5, 0.6) is 0 Å². The number of benzene rings is 2. The minimum Gasteiger partial charge on any atom is -0.346 e. The Balaban J connectivity index is 1.48. The zero-order valence-corrected chi connectivity index (χ0v) is 17.5. The van der Waals surface area contributed by atoms with E-state index in [0.717, 1.165) is 40.6 Å². The number of imidazole rings is 1. The second-order valence-corrected chi connectivity index (χ2v) is 8.20. The molecule has 0 unspecified atom stereocenters. The molecule has 4 rings (SSSR count). The topological polar surface area (TPSA) is 44.0 Å². The molecular weight excluding hydrogens is 364 g/mol. The van der Waals surface area contributed by atoms with Crippen LogP contribution in [0.2, 0.25) is 0 Å². The van der Waals surface area contributed by atoms with Crippen molar-refractivity contribution in [3.05, 3.63) is 59.4 Å². The Morgan fingerprint density at radius 2 is 1.86 bits per heavy atom. The van der Waals surface area contributed by atoms with Gasteiger partial charge in [-0.2, -0.15) is 0 Å². The maximum Gasteiger partial charge on any atom is 0.173 e. The molecule has 1 fully saturated rings. The minimum absolute atomic E-state index is 0.526. The van der Waals surface area contributed by atoms with Crippen molar-refractivity contribution in [3.63, 3.8) is 0 Å². The number of hydrogen-bond donors (Lipinski definition) is 2. The summed E-state index contributed by atoms with van der Waals surface area (Å²) in [6, 6.07) is 15.1. The van der Waals surface area contributed by atoms with E-state index >= 15 is 0 Å². The van der Waals surface area contributed by atoms with Crippen molar-refractivity contribution in [3.8, 4) is 0 Å². The van der Waals surface area contributed by atoms with E-state index in [-0.39, 0.29) is 0 Å².